The molecule has 0 saturated carbocycles. The van der Waals surface area contributed by atoms with Crippen molar-refractivity contribution < 1.29 is 31.1 Å². The summed E-state index contributed by atoms with van der Waals surface area (Å²) in [7, 11) is 0. The van der Waals surface area contributed by atoms with Crippen LogP contribution in [0.3, 0.4) is 0 Å². The molecule has 0 radical (unpaired) electrons. The third-order valence-electron chi connectivity index (χ3n) is 6.73. The number of carboxylic acid groups (broad SMARTS) is 1. The van der Waals surface area contributed by atoms with Gasteiger partial charge in [-0.15, -0.1) is 24.8 Å². The molecule has 11 nitrogen and oxygen atoms in total. The number of amides is 1. The molecule has 5 aromatic rings. The lowest BCUT2D eigenvalue weighted by Gasteiger charge is -2.11. The van der Waals surface area contributed by atoms with Gasteiger partial charge in [-0.25, -0.2) is 0 Å². The molecule has 0 spiro atoms. The molecule has 5 rings (SSSR count). The highest BCUT2D eigenvalue weighted by molar-refractivity contribution is 6.35. The van der Waals surface area contributed by atoms with E-state index in [0.29, 0.717) is 22.2 Å². The van der Waals surface area contributed by atoms with E-state index in [2.05, 4.69) is 54.3 Å². The SMILES string of the molecule is Cc1ccccc1-c1cccc(-c2cc(-c3cc(Cl)cc(Cl)c3)nn2Cc2ccc(C(=O)NCCC(=O)O)cc2)c1.Cl.Cl.NN.O.O.O. The van der Waals surface area contributed by atoms with Gasteiger partial charge in [0.2, 0.25) is 0 Å². The topological polar surface area (TPSA) is 231 Å². The first kappa shape index (κ1) is 46.1. The van der Waals surface area contributed by atoms with Crippen molar-refractivity contribution in [1.29, 1.82) is 0 Å². The lowest BCUT2D eigenvalue weighted by molar-refractivity contribution is -0.136. The van der Waals surface area contributed by atoms with Crippen molar-refractivity contribution in [2.45, 2.75) is 19.9 Å². The number of carbonyl (C=O) groups is 2. The van der Waals surface area contributed by atoms with Crippen LogP contribution < -0.4 is 17.0 Å². The van der Waals surface area contributed by atoms with Gasteiger partial charge in [-0.05, 0) is 71.6 Å². The van der Waals surface area contributed by atoms with E-state index in [0.717, 1.165) is 33.6 Å². The van der Waals surface area contributed by atoms with Crippen LogP contribution >= 0.6 is 48.0 Å². The van der Waals surface area contributed by atoms with E-state index in [-0.39, 0.29) is 60.1 Å². The zero-order chi connectivity index (χ0) is 30.9. The number of aromatic nitrogens is 2. The number of carboxylic acids is 1. The van der Waals surface area contributed by atoms with Gasteiger partial charge in [0.25, 0.3) is 5.91 Å². The van der Waals surface area contributed by atoms with Crippen LogP contribution in [0.1, 0.15) is 27.9 Å². The fourth-order valence-electron chi connectivity index (χ4n) is 4.67. The molecule has 0 unspecified atom stereocenters. The molecule has 4 aromatic carbocycles. The average Bonchev–Trinajstić information content (AvgIpc) is 3.42. The molecule has 1 aromatic heterocycles. The van der Waals surface area contributed by atoms with Gasteiger partial charge in [-0.2, -0.15) is 5.10 Å². The first-order chi connectivity index (χ1) is 20.8. The van der Waals surface area contributed by atoms with Crippen molar-refractivity contribution in [1.82, 2.24) is 15.1 Å². The van der Waals surface area contributed by atoms with Crippen LogP contribution in [0.5, 0.6) is 0 Å². The highest BCUT2D eigenvalue weighted by atomic mass is 35.5. The molecule has 48 heavy (non-hydrogen) atoms. The number of benzene rings is 4. The Balaban J connectivity index is 0. The first-order valence-corrected chi connectivity index (χ1v) is 14.2. The number of carbonyl (C=O) groups excluding carboxylic acids is 1. The van der Waals surface area contributed by atoms with E-state index in [9.17, 15) is 9.59 Å². The van der Waals surface area contributed by atoms with Crippen molar-refractivity contribution in [3.8, 4) is 33.6 Å². The molecule has 15 heteroatoms. The Hall–Kier alpha value is -4.01. The summed E-state index contributed by atoms with van der Waals surface area (Å²) in [5, 5.41) is 17.4. The van der Waals surface area contributed by atoms with E-state index in [4.69, 9.17) is 33.4 Å². The van der Waals surface area contributed by atoms with E-state index in [1.807, 2.05) is 53.2 Å². The van der Waals surface area contributed by atoms with Crippen molar-refractivity contribution in [3.05, 3.63) is 124 Å². The summed E-state index contributed by atoms with van der Waals surface area (Å²) in [4.78, 5) is 23.1. The molecule has 260 valence electrons. The van der Waals surface area contributed by atoms with E-state index in [1.54, 1.807) is 18.2 Å². The summed E-state index contributed by atoms with van der Waals surface area (Å²) < 4.78 is 1.93. The van der Waals surface area contributed by atoms with Gasteiger partial charge in [0.05, 0.1) is 24.4 Å². The third-order valence-corrected chi connectivity index (χ3v) is 7.16. The van der Waals surface area contributed by atoms with Crippen LogP contribution in [-0.2, 0) is 11.3 Å². The fourth-order valence-corrected chi connectivity index (χ4v) is 5.20. The molecule has 0 saturated heterocycles. The predicted octanol–water partition coefficient (Wildman–Crippen LogP) is 4.94. The van der Waals surface area contributed by atoms with Crippen LogP contribution in [0.4, 0.5) is 0 Å². The summed E-state index contributed by atoms with van der Waals surface area (Å²) in [6, 6.07) is 31.3. The Kier molecular flexibility index (Phi) is 20.9. The number of hydrogen-bond donors (Lipinski definition) is 4. The maximum Gasteiger partial charge on any atom is 0.305 e. The molecule has 0 fully saturated rings. The van der Waals surface area contributed by atoms with Gasteiger partial charge >= 0.3 is 5.97 Å². The van der Waals surface area contributed by atoms with Crippen LogP contribution in [0.15, 0.2) is 97.1 Å². The predicted molar refractivity (Wildman–Crippen MR) is 197 cm³/mol. The lowest BCUT2D eigenvalue weighted by Crippen LogP contribution is -2.25. The lowest BCUT2D eigenvalue weighted by atomic mass is 9.98. The summed E-state index contributed by atoms with van der Waals surface area (Å²) >= 11 is 12.6. The quantitative estimate of drug-likeness (QED) is 0.121. The van der Waals surface area contributed by atoms with Crippen molar-refractivity contribution in [2.75, 3.05) is 6.54 Å². The normalized spacial score (nSPS) is 9.44. The van der Waals surface area contributed by atoms with Gasteiger partial charge in [0, 0.05) is 33.3 Å². The number of hydrazine groups is 1. The third kappa shape index (κ3) is 11.9. The largest absolute Gasteiger partial charge is 0.481 e. The molecule has 1 heterocycles. The molecule has 0 aliphatic rings. The second-order valence-electron chi connectivity index (χ2n) is 9.72. The number of nitrogens with zero attached hydrogens (tertiary/aromatic N) is 2. The summed E-state index contributed by atoms with van der Waals surface area (Å²) in [6.07, 6.45) is -0.128. The van der Waals surface area contributed by atoms with E-state index < -0.39 is 5.97 Å². The first-order valence-electron chi connectivity index (χ1n) is 13.4. The summed E-state index contributed by atoms with van der Waals surface area (Å²) in [5.41, 5.74) is 8.35. The molecule has 0 aliphatic heterocycles. The second-order valence-corrected chi connectivity index (χ2v) is 10.6. The Morgan fingerprint density at radius 3 is 2.00 bits per heavy atom. The number of halogens is 4. The van der Waals surface area contributed by atoms with Crippen LogP contribution in [0.2, 0.25) is 10.0 Å². The molecule has 0 bridgehead atoms. The Morgan fingerprint density at radius 2 is 1.40 bits per heavy atom. The summed E-state index contributed by atoms with van der Waals surface area (Å²) in [6.45, 7) is 2.63. The average molecular weight is 744 g/mol. The minimum Gasteiger partial charge on any atom is -0.481 e. The molecular formula is C33H39Cl4N5O6. The van der Waals surface area contributed by atoms with Crippen LogP contribution in [-0.4, -0.2) is 49.7 Å². The van der Waals surface area contributed by atoms with E-state index in [1.165, 1.54) is 11.1 Å². The van der Waals surface area contributed by atoms with Gasteiger partial charge < -0.3 is 26.9 Å². The Labute approximate surface area is 300 Å². The van der Waals surface area contributed by atoms with Crippen LogP contribution in [0.25, 0.3) is 33.6 Å². The number of rotatable bonds is 9. The Morgan fingerprint density at radius 1 is 0.792 bits per heavy atom. The number of nitrogens with two attached hydrogens (primary N) is 2. The fraction of sp³-hybridized carbons (Fsp3) is 0.121. The molecule has 1 amide bonds. The maximum absolute atomic E-state index is 12.4. The second kappa shape index (κ2) is 21.8. The van der Waals surface area contributed by atoms with Gasteiger partial charge in [-0.3, -0.25) is 26.0 Å². The number of aliphatic carboxylic acids is 1. The smallest absolute Gasteiger partial charge is 0.305 e. The maximum atomic E-state index is 12.4. The zero-order valence-corrected chi connectivity index (χ0v) is 28.9. The van der Waals surface area contributed by atoms with Crippen molar-refractivity contribution >= 4 is 59.9 Å². The molecule has 12 N–H and O–H groups in total. The number of aryl methyl sites for hydroxylation is 1. The number of nitrogens with one attached hydrogen (secondary N) is 1. The highest BCUT2D eigenvalue weighted by Gasteiger charge is 2.15. The van der Waals surface area contributed by atoms with Crippen LogP contribution in [0, 0.1) is 6.92 Å². The highest BCUT2D eigenvalue weighted by Crippen LogP contribution is 2.33. The number of hydrogen-bond acceptors (Lipinski definition) is 5. The van der Waals surface area contributed by atoms with E-state index >= 15 is 0 Å². The molecule has 0 aliphatic carbocycles. The molecule has 0 atom stereocenters. The molecular weight excluding hydrogens is 704 g/mol. The van der Waals surface area contributed by atoms with Gasteiger partial charge in [0.15, 0.2) is 0 Å². The van der Waals surface area contributed by atoms with Crippen molar-refractivity contribution in [2.24, 2.45) is 11.7 Å². The van der Waals surface area contributed by atoms with Gasteiger partial charge in [0.1, 0.15) is 0 Å². The minimum atomic E-state index is -0.959. The zero-order valence-electron chi connectivity index (χ0n) is 25.7. The van der Waals surface area contributed by atoms with Gasteiger partial charge in [-0.1, -0.05) is 77.8 Å². The minimum absolute atomic E-state index is 0. The summed E-state index contributed by atoms with van der Waals surface area (Å²) in [5.74, 6) is 6.73. The Bertz CT molecular complexity index is 1730. The standard InChI is InChI=1S/C33H27Cl2N3O3.2ClH.H4N2.3H2O/c1-21-5-2-3-8-29(21)24-6-4-7-25(15-24)31-19-30(26-16-27(34)18-28(35)17-26)37-38(31)20-22-9-11-23(12-10-22)33(41)36-14-13-32(39)40;;;1-2;;;/h2-12,15-19H,13-14,20H2,1H3,(H,36,41)(H,39,40);2*1H;1-2H2;3*1H2. The van der Waals surface area contributed by atoms with Crippen molar-refractivity contribution in [3.63, 3.8) is 0 Å². The monoisotopic (exact) mass is 741 g/mol.